The number of ether oxygens (including phenoxy) is 1. The summed E-state index contributed by atoms with van der Waals surface area (Å²) in [4.78, 5) is 19.9. The minimum absolute atomic E-state index is 0.0155. The second-order valence-electron chi connectivity index (χ2n) is 6.35. The van der Waals surface area contributed by atoms with Crippen molar-refractivity contribution < 1.29 is 9.53 Å². The summed E-state index contributed by atoms with van der Waals surface area (Å²) in [7, 11) is 0. The van der Waals surface area contributed by atoms with Gasteiger partial charge in [-0.05, 0) is 17.7 Å². The Morgan fingerprint density at radius 3 is 2.89 bits per heavy atom. The fourth-order valence-electron chi connectivity index (χ4n) is 2.53. The van der Waals surface area contributed by atoms with Crippen LogP contribution in [0.25, 0.3) is 0 Å². The van der Waals surface area contributed by atoms with Gasteiger partial charge in [-0.1, -0.05) is 12.1 Å². The first-order valence-electron chi connectivity index (χ1n) is 8.90. The quantitative estimate of drug-likeness (QED) is 0.402. The minimum atomic E-state index is -0.525. The zero-order chi connectivity index (χ0) is 19.8. The Bertz CT molecular complexity index is 865. The number of carbonyl (C=O) groups excluding carboxylic acids is 1. The van der Waals surface area contributed by atoms with E-state index in [9.17, 15) is 4.79 Å². The van der Waals surface area contributed by atoms with Crippen LogP contribution in [-0.4, -0.2) is 41.8 Å². The Labute approximate surface area is 162 Å². The van der Waals surface area contributed by atoms with Gasteiger partial charge in [0.2, 0.25) is 0 Å². The third-order valence-electron chi connectivity index (χ3n) is 4.17. The highest BCUT2D eigenvalue weighted by Gasteiger charge is 2.17. The van der Waals surface area contributed by atoms with E-state index in [0.717, 1.165) is 30.6 Å². The SMILES string of the molecule is N=C/C(=C\NCc1cccc(OCC2CNC2)c1)NC(=O)c1nccnc1N. The van der Waals surface area contributed by atoms with Crippen molar-refractivity contribution in [2.24, 2.45) is 5.92 Å². The molecule has 1 aliphatic rings. The molecule has 1 aromatic heterocycles. The molecule has 0 saturated carbocycles. The number of rotatable bonds is 9. The summed E-state index contributed by atoms with van der Waals surface area (Å²) in [5, 5.41) is 16.3. The lowest BCUT2D eigenvalue weighted by atomic mass is 10.1. The lowest BCUT2D eigenvalue weighted by molar-refractivity contribution is 0.0963. The number of benzene rings is 1. The van der Waals surface area contributed by atoms with Crippen LogP contribution < -0.4 is 26.4 Å². The number of nitrogens with zero attached hydrogens (tertiary/aromatic N) is 2. The third-order valence-corrected chi connectivity index (χ3v) is 4.17. The van der Waals surface area contributed by atoms with E-state index in [2.05, 4.69) is 25.9 Å². The molecule has 1 aliphatic heterocycles. The van der Waals surface area contributed by atoms with Gasteiger partial charge in [-0.15, -0.1) is 0 Å². The molecule has 28 heavy (non-hydrogen) atoms. The van der Waals surface area contributed by atoms with Gasteiger partial charge >= 0.3 is 0 Å². The van der Waals surface area contributed by atoms with Crippen molar-refractivity contribution >= 4 is 17.9 Å². The molecule has 1 saturated heterocycles. The summed E-state index contributed by atoms with van der Waals surface area (Å²) >= 11 is 0. The third kappa shape index (κ3) is 5.27. The minimum Gasteiger partial charge on any atom is -0.493 e. The van der Waals surface area contributed by atoms with Gasteiger partial charge in [0.1, 0.15) is 5.75 Å². The van der Waals surface area contributed by atoms with E-state index < -0.39 is 5.91 Å². The molecule has 146 valence electrons. The Balaban J connectivity index is 1.52. The van der Waals surface area contributed by atoms with Crippen molar-refractivity contribution in [2.75, 3.05) is 25.4 Å². The molecule has 9 heteroatoms. The van der Waals surface area contributed by atoms with Crippen LogP contribution in [0, 0.1) is 11.3 Å². The summed E-state index contributed by atoms with van der Waals surface area (Å²) in [6, 6.07) is 7.81. The molecule has 3 rings (SSSR count). The highest BCUT2D eigenvalue weighted by atomic mass is 16.5. The average molecular weight is 381 g/mol. The van der Waals surface area contributed by atoms with Crippen LogP contribution in [0.5, 0.6) is 5.75 Å². The van der Waals surface area contributed by atoms with E-state index in [-0.39, 0.29) is 17.2 Å². The van der Waals surface area contributed by atoms with E-state index in [4.69, 9.17) is 15.9 Å². The molecule has 1 amide bonds. The molecule has 2 aromatic rings. The smallest absolute Gasteiger partial charge is 0.278 e. The van der Waals surface area contributed by atoms with Crippen LogP contribution in [0.2, 0.25) is 0 Å². The predicted octanol–water partition coefficient (Wildman–Crippen LogP) is 0.668. The molecule has 1 aromatic carbocycles. The Morgan fingerprint density at radius 2 is 2.18 bits per heavy atom. The maximum Gasteiger partial charge on any atom is 0.278 e. The molecular formula is C19H23N7O2. The van der Waals surface area contributed by atoms with Gasteiger partial charge in [-0.25, -0.2) is 9.97 Å². The van der Waals surface area contributed by atoms with Gasteiger partial charge in [0.05, 0.1) is 12.3 Å². The maximum atomic E-state index is 12.2. The molecule has 6 N–H and O–H groups in total. The number of carbonyl (C=O) groups is 1. The van der Waals surface area contributed by atoms with E-state index in [1.807, 2.05) is 24.3 Å². The van der Waals surface area contributed by atoms with Crippen molar-refractivity contribution in [1.29, 1.82) is 5.41 Å². The maximum absolute atomic E-state index is 12.2. The first-order valence-corrected chi connectivity index (χ1v) is 8.90. The lowest BCUT2D eigenvalue weighted by Gasteiger charge is -2.26. The number of anilines is 1. The standard InChI is InChI=1S/C19H23N7O2/c20-7-15(26-19(27)17-18(21)25-5-4-24-17)11-23-8-13-2-1-3-16(6-13)28-12-14-9-22-10-14/h1-7,11,14,20,22-23H,8-10,12H2,(H2,21,25)(H,26,27)/b15-11+,20-7?. The molecule has 0 unspecified atom stereocenters. The summed E-state index contributed by atoms with van der Waals surface area (Å²) in [5.74, 6) is 0.913. The van der Waals surface area contributed by atoms with E-state index >= 15 is 0 Å². The van der Waals surface area contributed by atoms with Crippen molar-refractivity contribution in [3.63, 3.8) is 0 Å². The summed E-state index contributed by atoms with van der Waals surface area (Å²) < 4.78 is 5.81. The number of hydrogen-bond acceptors (Lipinski definition) is 8. The molecule has 2 heterocycles. The number of allylic oxidation sites excluding steroid dienone is 1. The molecule has 0 radical (unpaired) electrons. The zero-order valence-corrected chi connectivity index (χ0v) is 15.3. The first-order chi connectivity index (χ1) is 13.7. The van der Waals surface area contributed by atoms with Crippen molar-refractivity contribution in [3.8, 4) is 5.75 Å². The van der Waals surface area contributed by atoms with E-state index in [0.29, 0.717) is 19.1 Å². The van der Waals surface area contributed by atoms with Crippen molar-refractivity contribution in [1.82, 2.24) is 25.9 Å². The Kier molecular flexibility index (Phi) is 6.53. The van der Waals surface area contributed by atoms with Gasteiger partial charge in [-0.3, -0.25) is 4.79 Å². The predicted molar refractivity (Wildman–Crippen MR) is 106 cm³/mol. The average Bonchev–Trinajstić information content (AvgIpc) is 2.66. The fraction of sp³-hybridized carbons (Fsp3) is 0.263. The topological polar surface area (TPSA) is 138 Å². The number of aromatic nitrogens is 2. The second kappa shape index (κ2) is 9.47. The summed E-state index contributed by atoms with van der Waals surface area (Å²) in [6.07, 6.45) is 5.37. The van der Waals surface area contributed by atoms with Gasteiger partial charge in [0.15, 0.2) is 11.5 Å². The van der Waals surface area contributed by atoms with Crippen LogP contribution in [-0.2, 0) is 6.54 Å². The lowest BCUT2D eigenvalue weighted by Crippen LogP contribution is -2.45. The summed E-state index contributed by atoms with van der Waals surface area (Å²) in [5.41, 5.74) is 6.96. The zero-order valence-electron chi connectivity index (χ0n) is 15.3. The highest BCUT2D eigenvalue weighted by Crippen LogP contribution is 2.15. The molecule has 0 aliphatic carbocycles. The van der Waals surface area contributed by atoms with Gasteiger partial charge < -0.3 is 31.8 Å². The second-order valence-corrected chi connectivity index (χ2v) is 6.35. The molecule has 0 bridgehead atoms. The molecular weight excluding hydrogens is 358 g/mol. The van der Waals surface area contributed by atoms with Crippen LogP contribution >= 0.6 is 0 Å². The molecule has 0 atom stereocenters. The normalized spacial score (nSPS) is 14.1. The van der Waals surface area contributed by atoms with Crippen LogP contribution in [0.1, 0.15) is 16.1 Å². The van der Waals surface area contributed by atoms with Gasteiger partial charge in [0.25, 0.3) is 5.91 Å². The van der Waals surface area contributed by atoms with Gasteiger partial charge in [-0.2, -0.15) is 0 Å². The van der Waals surface area contributed by atoms with Crippen LogP contribution in [0.15, 0.2) is 48.6 Å². The molecule has 9 nitrogen and oxygen atoms in total. The Hall–Kier alpha value is -3.46. The van der Waals surface area contributed by atoms with E-state index in [1.165, 1.54) is 12.4 Å². The monoisotopic (exact) mass is 381 g/mol. The Morgan fingerprint density at radius 1 is 1.36 bits per heavy atom. The number of nitrogens with two attached hydrogens (primary N) is 1. The van der Waals surface area contributed by atoms with Crippen LogP contribution in [0.4, 0.5) is 5.82 Å². The number of amides is 1. The van der Waals surface area contributed by atoms with E-state index in [1.54, 1.807) is 6.20 Å². The van der Waals surface area contributed by atoms with Crippen LogP contribution in [0.3, 0.4) is 0 Å². The number of nitrogen functional groups attached to an aromatic ring is 1. The molecule has 1 fully saturated rings. The largest absolute Gasteiger partial charge is 0.493 e. The van der Waals surface area contributed by atoms with Crippen molar-refractivity contribution in [3.05, 3.63) is 59.8 Å². The molecule has 0 spiro atoms. The first kappa shape index (κ1) is 19.3. The van der Waals surface area contributed by atoms with Gasteiger partial charge in [0, 0.05) is 50.4 Å². The summed E-state index contributed by atoms with van der Waals surface area (Å²) in [6.45, 7) is 3.23. The highest BCUT2D eigenvalue weighted by molar-refractivity contribution is 5.99. The number of hydrogen-bond donors (Lipinski definition) is 5. The van der Waals surface area contributed by atoms with Crippen molar-refractivity contribution in [2.45, 2.75) is 6.54 Å². The number of nitrogens with one attached hydrogen (secondary N) is 4. The fourth-order valence-corrected chi connectivity index (χ4v) is 2.53.